The minimum absolute atomic E-state index is 0.0895. The van der Waals surface area contributed by atoms with Gasteiger partial charge in [-0.25, -0.2) is 5.43 Å². The van der Waals surface area contributed by atoms with Gasteiger partial charge in [0, 0.05) is 5.56 Å². The third-order valence-electron chi connectivity index (χ3n) is 3.12. The number of hydrogen-bond donors (Lipinski definition) is 2. The van der Waals surface area contributed by atoms with Gasteiger partial charge in [-0.1, -0.05) is 24.3 Å². The van der Waals surface area contributed by atoms with Crippen LogP contribution in [0, 0.1) is 0 Å². The molecular weight excluding hydrogens is 284 g/mol. The first kappa shape index (κ1) is 13.9. The average Bonchev–Trinajstić information content (AvgIpc) is 2.56. The van der Waals surface area contributed by atoms with Crippen molar-refractivity contribution in [2.24, 2.45) is 5.10 Å². The molecule has 2 N–H and O–H groups in total. The van der Waals surface area contributed by atoms with Crippen LogP contribution in [-0.2, 0) is 4.79 Å². The molecule has 0 radical (unpaired) electrons. The van der Waals surface area contributed by atoms with Crippen LogP contribution in [0.2, 0.25) is 0 Å². The quantitative estimate of drug-likeness (QED) is 0.667. The number of nitrogens with one attached hydrogen (secondary N) is 1. The standard InChI is InChI=1S/C16H14N2O4/c19-12-6-2-1-5-11(12)9-17-18-16(20)15-10-21-13-7-3-4-8-14(13)22-15/h1-9,15,19H,10H2,(H,18,20)/b17-9+/t15-/m0/s1. The number of carbonyl (C=O) groups excluding carboxylic acids is 1. The highest BCUT2D eigenvalue weighted by Gasteiger charge is 2.26. The lowest BCUT2D eigenvalue weighted by Gasteiger charge is -2.24. The largest absolute Gasteiger partial charge is 0.507 e. The number of rotatable bonds is 3. The number of amides is 1. The monoisotopic (exact) mass is 298 g/mol. The maximum atomic E-state index is 12.0. The number of nitrogens with zero attached hydrogens (tertiary/aromatic N) is 1. The van der Waals surface area contributed by atoms with Gasteiger partial charge in [-0.15, -0.1) is 0 Å². The molecule has 1 atom stereocenters. The van der Waals surface area contributed by atoms with Gasteiger partial charge in [0.15, 0.2) is 11.5 Å². The van der Waals surface area contributed by atoms with Crippen molar-refractivity contribution in [1.29, 1.82) is 0 Å². The number of para-hydroxylation sites is 3. The third-order valence-corrected chi connectivity index (χ3v) is 3.12. The summed E-state index contributed by atoms with van der Waals surface area (Å²) in [5.74, 6) is 0.815. The van der Waals surface area contributed by atoms with Crippen LogP contribution >= 0.6 is 0 Å². The fourth-order valence-electron chi connectivity index (χ4n) is 1.98. The number of benzene rings is 2. The number of hydrogen-bond acceptors (Lipinski definition) is 5. The molecule has 1 aliphatic heterocycles. The lowest BCUT2D eigenvalue weighted by molar-refractivity contribution is -0.130. The van der Waals surface area contributed by atoms with E-state index >= 15 is 0 Å². The van der Waals surface area contributed by atoms with Crippen LogP contribution in [0.3, 0.4) is 0 Å². The molecule has 0 saturated heterocycles. The van der Waals surface area contributed by atoms with Crippen LogP contribution in [0.1, 0.15) is 5.56 Å². The number of phenols is 1. The highest BCUT2D eigenvalue weighted by molar-refractivity contribution is 5.86. The van der Waals surface area contributed by atoms with Crippen LogP contribution < -0.4 is 14.9 Å². The van der Waals surface area contributed by atoms with E-state index in [1.165, 1.54) is 12.3 Å². The Labute approximate surface area is 127 Å². The minimum Gasteiger partial charge on any atom is -0.507 e. The molecule has 0 spiro atoms. The molecular formula is C16H14N2O4. The molecule has 0 aromatic heterocycles. The van der Waals surface area contributed by atoms with E-state index in [9.17, 15) is 9.90 Å². The Morgan fingerprint density at radius 2 is 1.91 bits per heavy atom. The number of phenolic OH excluding ortho intramolecular Hbond substituents is 1. The van der Waals surface area contributed by atoms with E-state index in [-0.39, 0.29) is 12.4 Å². The van der Waals surface area contributed by atoms with Gasteiger partial charge in [0.2, 0.25) is 6.10 Å². The van der Waals surface area contributed by atoms with Gasteiger partial charge < -0.3 is 14.6 Å². The summed E-state index contributed by atoms with van der Waals surface area (Å²) >= 11 is 0. The zero-order valence-corrected chi connectivity index (χ0v) is 11.6. The molecule has 1 aliphatic rings. The van der Waals surface area contributed by atoms with Gasteiger partial charge in [0.05, 0.1) is 6.21 Å². The number of hydrazone groups is 1. The SMILES string of the molecule is O=C(N/N=C/c1ccccc1O)[C@@H]1COc2ccccc2O1. The molecule has 1 heterocycles. The molecule has 0 fully saturated rings. The van der Waals surface area contributed by atoms with E-state index in [4.69, 9.17) is 9.47 Å². The van der Waals surface area contributed by atoms with Gasteiger partial charge in [-0.3, -0.25) is 4.79 Å². The summed E-state index contributed by atoms with van der Waals surface area (Å²) in [7, 11) is 0. The van der Waals surface area contributed by atoms with Crippen LogP contribution in [-0.4, -0.2) is 29.9 Å². The number of fused-ring (bicyclic) bond motifs is 1. The molecule has 2 aromatic carbocycles. The predicted molar refractivity (Wildman–Crippen MR) is 80.2 cm³/mol. The second-order valence-corrected chi connectivity index (χ2v) is 4.66. The Morgan fingerprint density at radius 1 is 1.18 bits per heavy atom. The van der Waals surface area contributed by atoms with E-state index in [0.717, 1.165) is 0 Å². The van der Waals surface area contributed by atoms with E-state index in [0.29, 0.717) is 17.1 Å². The molecule has 22 heavy (non-hydrogen) atoms. The third kappa shape index (κ3) is 3.01. The second-order valence-electron chi connectivity index (χ2n) is 4.66. The predicted octanol–water partition coefficient (Wildman–Crippen LogP) is 1.68. The van der Waals surface area contributed by atoms with Crippen LogP contribution in [0.4, 0.5) is 0 Å². The first-order valence-corrected chi connectivity index (χ1v) is 6.73. The number of aromatic hydroxyl groups is 1. The maximum Gasteiger partial charge on any atom is 0.284 e. The molecule has 2 aromatic rings. The molecule has 6 heteroatoms. The highest BCUT2D eigenvalue weighted by atomic mass is 16.6. The number of carbonyl (C=O) groups is 1. The Hall–Kier alpha value is -3.02. The lowest BCUT2D eigenvalue weighted by Crippen LogP contribution is -2.42. The summed E-state index contributed by atoms with van der Waals surface area (Å²) in [4.78, 5) is 12.0. The van der Waals surface area contributed by atoms with Gasteiger partial charge >= 0.3 is 0 Å². The summed E-state index contributed by atoms with van der Waals surface area (Å²) < 4.78 is 11.0. The van der Waals surface area contributed by atoms with Crippen LogP contribution in [0.25, 0.3) is 0 Å². The Morgan fingerprint density at radius 3 is 2.73 bits per heavy atom. The molecule has 0 saturated carbocycles. The zero-order chi connectivity index (χ0) is 15.4. The van der Waals surface area contributed by atoms with Crippen molar-refractivity contribution >= 4 is 12.1 Å². The molecule has 0 bridgehead atoms. The summed E-state index contributed by atoms with van der Waals surface area (Å²) in [6, 6.07) is 13.8. The maximum absolute atomic E-state index is 12.0. The van der Waals surface area contributed by atoms with Crippen molar-refractivity contribution in [3.8, 4) is 17.2 Å². The summed E-state index contributed by atoms with van der Waals surface area (Å²) in [6.45, 7) is 0.120. The smallest absolute Gasteiger partial charge is 0.284 e. The average molecular weight is 298 g/mol. The first-order valence-electron chi connectivity index (χ1n) is 6.73. The zero-order valence-electron chi connectivity index (χ0n) is 11.6. The van der Waals surface area contributed by atoms with Crippen molar-refractivity contribution in [2.75, 3.05) is 6.61 Å². The van der Waals surface area contributed by atoms with Crippen molar-refractivity contribution in [2.45, 2.75) is 6.10 Å². The van der Waals surface area contributed by atoms with Gasteiger partial charge in [-0.05, 0) is 24.3 Å². The molecule has 112 valence electrons. The summed E-state index contributed by atoms with van der Waals surface area (Å²) in [5, 5.41) is 13.4. The Bertz CT molecular complexity index is 715. The summed E-state index contributed by atoms with van der Waals surface area (Å²) in [6.07, 6.45) is 0.599. The van der Waals surface area contributed by atoms with Gasteiger partial charge in [0.25, 0.3) is 5.91 Å². The van der Waals surface area contributed by atoms with E-state index < -0.39 is 12.0 Å². The van der Waals surface area contributed by atoms with Crippen molar-refractivity contribution < 1.29 is 19.4 Å². The first-order chi connectivity index (χ1) is 10.7. The molecule has 3 rings (SSSR count). The highest BCUT2D eigenvalue weighted by Crippen LogP contribution is 2.30. The molecule has 0 unspecified atom stereocenters. The fraction of sp³-hybridized carbons (Fsp3) is 0.125. The minimum atomic E-state index is -0.767. The van der Waals surface area contributed by atoms with E-state index in [1.807, 2.05) is 6.07 Å². The van der Waals surface area contributed by atoms with E-state index in [2.05, 4.69) is 10.5 Å². The van der Waals surface area contributed by atoms with Gasteiger partial charge in [-0.2, -0.15) is 5.10 Å². The number of ether oxygens (including phenoxy) is 2. The second kappa shape index (κ2) is 6.17. The molecule has 0 aliphatic carbocycles. The van der Waals surface area contributed by atoms with Crippen LogP contribution in [0.5, 0.6) is 17.2 Å². The van der Waals surface area contributed by atoms with Crippen molar-refractivity contribution in [3.05, 3.63) is 54.1 Å². The van der Waals surface area contributed by atoms with Crippen LogP contribution in [0.15, 0.2) is 53.6 Å². The summed E-state index contributed by atoms with van der Waals surface area (Å²) in [5.41, 5.74) is 2.88. The van der Waals surface area contributed by atoms with Crippen molar-refractivity contribution in [1.82, 2.24) is 5.43 Å². The molecule has 1 amide bonds. The normalized spacial score (nSPS) is 16.5. The Kier molecular flexibility index (Phi) is 3.91. The van der Waals surface area contributed by atoms with Gasteiger partial charge in [0.1, 0.15) is 12.4 Å². The lowest BCUT2D eigenvalue weighted by atomic mass is 10.2. The molecule has 6 nitrogen and oxygen atoms in total. The van der Waals surface area contributed by atoms with E-state index in [1.54, 1.807) is 36.4 Å². The topological polar surface area (TPSA) is 80.2 Å². The Balaban J connectivity index is 1.60. The van der Waals surface area contributed by atoms with Crippen molar-refractivity contribution in [3.63, 3.8) is 0 Å². The fourth-order valence-corrected chi connectivity index (χ4v) is 1.98.